The van der Waals surface area contributed by atoms with Gasteiger partial charge in [-0.3, -0.25) is 9.69 Å². The topological polar surface area (TPSA) is 78.9 Å². The fourth-order valence-corrected chi connectivity index (χ4v) is 2.74. The monoisotopic (exact) mass is 334 g/mol. The summed E-state index contributed by atoms with van der Waals surface area (Å²) in [7, 11) is 0. The number of para-hydroxylation sites is 1. The number of carbonyl (C=O) groups is 2. The molecule has 0 spiro atoms. The van der Waals surface area contributed by atoms with Gasteiger partial charge in [-0.1, -0.05) is 18.2 Å². The van der Waals surface area contributed by atoms with Gasteiger partial charge in [0.15, 0.2) is 0 Å². The second-order valence-electron chi connectivity index (χ2n) is 7.00. The standard InChI is InChI=1S/C18H26N2O4/c1-18(2,3)24-17(23)20-12-6-8-14(20)16(22)19-11-10-13-7-4-5-9-15(13)21/h4-5,7,9,14,21H,6,8,10-12H2,1-3H3,(H,19,22). The first kappa shape index (κ1) is 18.1. The molecule has 2 rings (SSSR count). The van der Waals surface area contributed by atoms with Crippen LogP contribution in [0.1, 0.15) is 39.2 Å². The second kappa shape index (κ2) is 7.55. The molecule has 1 saturated heterocycles. The van der Waals surface area contributed by atoms with Crippen LogP contribution in [0.25, 0.3) is 0 Å². The highest BCUT2D eigenvalue weighted by Crippen LogP contribution is 2.21. The van der Waals surface area contributed by atoms with Gasteiger partial charge in [0.2, 0.25) is 5.91 Å². The predicted molar refractivity (Wildman–Crippen MR) is 90.8 cm³/mol. The second-order valence-corrected chi connectivity index (χ2v) is 7.00. The minimum atomic E-state index is -0.578. The van der Waals surface area contributed by atoms with E-state index in [0.29, 0.717) is 25.9 Å². The van der Waals surface area contributed by atoms with Crippen molar-refractivity contribution < 1.29 is 19.4 Å². The first-order valence-electron chi connectivity index (χ1n) is 8.32. The van der Waals surface area contributed by atoms with Crippen LogP contribution in [0.15, 0.2) is 24.3 Å². The molecule has 0 saturated carbocycles. The van der Waals surface area contributed by atoms with E-state index in [4.69, 9.17) is 4.74 Å². The summed E-state index contributed by atoms with van der Waals surface area (Å²) in [6.45, 7) is 6.37. The van der Waals surface area contributed by atoms with E-state index in [2.05, 4.69) is 5.32 Å². The van der Waals surface area contributed by atoms with E-state index in [9.17, 15) is 14.7 Å². The van der Waals surface area contributed by atoms with Crippen molar-refractivity contribution in [3.63, 3.8) is 0 Å². The molecule has 1 atom stereocenters. The van der Waals surface area contributed by atoms with Gasteiger partial charge in [-0.05, 0) is 51.7 Å². The highest BCUT2D eigenvalue weighted by atomic mass is 16.6. The van der Waals surface area contributed by atoms with Gasteiger partial charge in [0.05, 0.1) is 0 Å². The molecule has 1 aromatic rings. The fourth-order valence-electron chi connectivity index (χ4n) is 2.74. The highest BCUT2D eigenvalue weighted by molar-refractivity contribution is 5.86. The number of amides is 2. The number of phenols is 1. The molecule has 2 N–H and O–H groups in total. The van der Waals surface area contributed by atoms with Gasteiger partial charge in [0.1, 0.15) is 17.4 Å². The quantitative estimate of drug-likeness (QED) is 0.886. The van der Waals surface area contributed by atoms with Crippen molar-refractivity contribution in [3.05, 3.63) is 29.8 Å². The lowest BCUT2D eigenvalue weighted by molar-refractivity contribution is -0.125. The van der Waals surface area contributed by atoms with Gasteiger partial charge in [-0.15, -0.1) is 0 Å². The average molecular weight is 334 g/mol. The summed E-state index contributed by atoms with van der Waals surface area (Å²) in [5, 5.41) is 12.6. The SMILES string of the molecule is CC(C)(C)OC(=O)N1CCCC1C(=O)NCCc1ccccc1O. The van der Waals surface area contributed by atoms with Crippen molar-refractivity contribution in [2.75, 3.05) is 13.1 Å². The van der Waals surface area contributed by atoms with Crippen LogP contribution in [-0.2, 0) is 16.0 Å². The first-order chi connectivity index (χ1) is 11.3. The number of hydrogen-bond donors (Lipinski definition) is 2. The van der Waals surface area contributed by atoms with Gasteiger partial charge in [0.25, 0.3) is 0 Å². The number of ether oxygens (including phenoxy) is 1. The molecule has 1 aromatic carbocycles. The number of phenolic OH excluding ortho intramolecular Hbond substituents is 1. The Balaban J connectivity index is 1.87. The molecule has 0 aliphatic carbocycles. The molecule has 6 nitrogen and oxygen atoms in total. The third-order valence-electron chi connectivity index (χ3n) is 3.87. The van der Waals surface area contributed by atoms with Gasteiger partial charge in [-0.25, -0.2) is 4.79 Å². The molecule has 1 aliphatic heterocycles. The maximum Gasteiger partial charge on any atom is 0.410 e. The van der Waals surface area contributed by atoms with Gasteiger partial charge < -0.3 is 15.2 Å². The van der Waals surface area contributed by atoms with Gasteiger partial charge >= 0.3 is 6.09 Å². The number of likely N-dealkylation sites (tertiary alicyclic amines) is 1. The third kappa shape index (κ3) is 4.88. The number of rotatable bonds is 4. The molecular weight excluding hydrogens is 308 g/mol. The normalized spacial score (nSPS) is 17.6. The summed E-state index contributed by atoms with van der Waals surface area (Å²) in [5.74, 6) is 0.0526. The number of aromatic hydroxyl groups is 1. The molecule has 24 heavy (non-hydrogen) atoms. The lowest BCUT2D eigenvalue weighted by Gasteiger charge is -2.28. The maximum atomic E-state index is 12.4. The third-order valence-corrected chi connectivity index (χ3v) is 3.87. The summed E-state index contributed by atoms with van der Waals surface area (Å²) >= 11 is 0. The number of carbonyl (C=O) groups excluding carboxylic acids is 2. The minimum absolute atomic E-state index is 0.172. The molecule has 0 bridgehead atoms. The van der Waals surface area contributed by atoms with Crippen molar-refractivity contribution in [1.82, 2.24) is 10.2 Å². The zero-order valence-corrected chi connectivity index (χ0v) is 14.5. The Morgan fingerprint density at radius 1 is 1.33 bits per heavy atom. The Kier molecular flexibility index (Phi) is 5.70. The molecule has 6 heteroatoms. The van der Waals surface area contributed by atoms with E-state index < -0.39 is 17.7 Å². The molecule has 1 heterocycles. The summed E-state index contributed by atoms with van der Waals surface area (Å²) in [6, 6.07) is 6.57. The Morgan fingerprint density at radius 2 is 2.04 bits per heavy atom. The van der Waals surface area contributed by atoms with Crippen LogP contribution in [0.5, 0.6) is 5.75 Å². The predicted octanol–water partition coefficient (Wildman–Crippen LogP) is 2.45. The van der Waals surface area contributed by atoms with Crippen molar-refractivity contribution in [2.24, 2.45) is 0 Å². The van der Waals surface area contributed by atoms with Crippen molar-refractivity contribution in [1.29, 1.82) is 0 Å². The average Bonchev–Trinajstić information content (AvgIpc) is 2.97. The lowest BCUT2D eigenvalue weighted by atomic mass is 10.1. The van der Waals surface area contributed by atoms with E-state index in [1.54, 1.807) is 12.1 Å². The Labute approximate surface area is 142 Å². The summed E-state index contributed by atoms with van der Waals surface area (Å²) < 4.78 is 5.37. The summed E-state index contributed by atoms with van der Waals surface area (Å²) in [4.78, 5) is 26.1. The van der Waals surface area contributed by atoms with Crippen molar-refractivity contribution in [2.45, 2.75) is 51.7 Å². The molecule has 0 aromatic heterocycles. The Bertz CT molecular complexity index is 595. The maximum absolute atomic E-state index is 12.4. The Morgan fingerprint density at radius 3 is 2.71 bits per heavy atom. The molecule has 1 fully saturated rings. The van der Waals surface area contributed by atoms with Crippen LogP contribution in [0.4, 0.5) is 4.79 Å². The molecule has 132 valence electrons. The van der Waals surface area contributed by atoms with Crippen LogP contribution in [0.2, 0.25) is 0 Å². The molecule has 1 aliphatic rings. The van der Waals surface area contributed by atoms with Gasteiger partial charge in [0, 0.05) is 13.1 Å². The van der Waals surface area contributed by atoms with Crippen LogP contribution >= 0.6 is 0 Å². The zero-order valence-electron chi connectivity index (χ0n) is 14.5. The van der Waals surface area contributed by atoms with Crippen molar-refractivity contribution >= 4 is 12.0 Å². The number of hydrogen-bond acceptors (Lipinski definition) is 4. The molecule has 0 radical (unpaired) electrons. The van der Waals surface area contributed by atoms with E-state index >= 15 is 0 Å². The van der Waals surface area contributed by atoms with E-state index in [1.165, 1.54) is 4.90 Å². The molecular formula is C18H26N2O4. The smallest absolute Gasteiger partial charge is 0.410 e. The number of benzene rings is 1. The lowest BCUT2D eigenvalue weighted by Crippen LogP contribution is -2.47. The van der Waals surface area contributed by atoms with Crippen LogP contribution in [0, 0.1) is 0 Å². The molecule has 2 amide bonds. The minimum Gasteiger partial charge on any atom is -0.508 e. The number of nitrogens with zero attached hydrogens (tertiary/aromatic N) is 1. The molecule has 1 unspecified atom stereocenters. The largest absolute Gasteiger partial charge is 0.508 e. The zero-order chi connectivity index (χ0) is 17.7. The summed E-state index contributed by atoms with van der Waals surface area (Å²) in [5.41, 5.74) is 0.208. The summed E-state index contributed by atoms with van der Waals surface area (Å²) in [6.07, 6.45) is 1.52. The highest BCUT2D eigenvalue weighted by Gasteiger charge is 2.36. The van der Waals surface area contributed by atoms with Crippen LogP contribution in [-0.4, -0.2) is 46.7 Å². The van der Waals surface area contributed by atoms with E-state index in [0.717, 1.165) is 12.0 Å². The van der Waals surface area contributed by atoms with E-state index in [-0.39, 0.29) is 11.7 Å². The van der Waals surface area contributed by atoms with Crippen molar-refractivity contribution in [3.8, 4) is 5.75 Å². The van der Waals surface area contributed by atoms with Crippen LogP contribution in [0.3, 0.4) is 0 Å². The Hall–Kier alpha value is -2.24. The van der Waals surface area contributed by atoms with Crippen LogP contribution < -0.4 is 5.32 Å². The first-order valence-corrected chi connectivity index (χ1v) is 8.32. The fraction of sp³-hybridized carbons (Fsp3) is 0.556. The van der Waals surface area contributed by atoms with Gasteiger partial charge in [-0.2, -0.15) is 0 Å². The number of nitrogens with one attached hydrogen (secondary N) is 1. The van der Waals surface area contributed by atoms with E-state index in [1.807, 2.05) is 32.9 Å².